The summed E-state index contributed by atoms with van der Waals surface area (Å²) in [5.74, 6) is 0.845. The van der Waals surface area contributed by atoms with Gasteiger partial charge in [-0.1, -0.05) is 0 Å². The van der Waals surface area contributed by atoms with Crippen LogP contribution in [0.15, 0.2) is 4.99 Å². The molecule has 0 amide bonds. The first-order valence-electron chi connectivity index (χ1n) is 6.49. The Morgan fingerprint density at radius 1 is 1.39 bits per heavy atom. The molecule has 1 aliphatic carbocycles. The molecular formula is C12H24IN3O2. The van der Waals surface area contributed by atoms with Crippen molar-refractivity contribution in [3.8, 4) is 0 Å². The number of aliphatic imine (C=N–C) groups is 1. The molecule has 18 heavy (non-hydrogen) atoms. The summed E-state index contributed by atoms with van der Waals surface area (Å²) in [6, 6.07) is 0. The summed E-state index contributed by atoms with van der Waals surface area (Å²) in [5.41, 5.74) is -0.523. The van der Waals surface area contributed by atoms with Crippen LogP contribution >= 0.6 is 24.0 Å². The summed E-state index contributed by atoms with van der Waals surface area (Å²) >= 11 is 0. The largest absolute Gasteiger partial charge is 0.393 e. The zero-order valence-electron chi connectivity index (χ0n) is 10.9. The molecule has 2 aliphatic rings. The fourth-order valence-corrected chi connectivity index (χ4v) is 2.42. The third kappa shape index (κ3) is 3.96. The molecule has 5 nitrogen and oxygen atoms in total. The fraction of sp³-hybridized carbons (Fsp3) is 0.917. The van der Waals surface area contributed by atoms with E-state index in [1.54, 1.807) is 7.05 Å². The van der Waals surface area contributed by atoms with Crippen molar-refractivity contribution in [3.63, 3.8) is 0 Å². The average molecular weight is 369 g/mol. The molecular weight excluding hydrogens is 345 g/mol. The van der Waals surface area contributed by atoms with Gasteiger partial charge in [0.2, 0.25) is 0 Å². The third-order valence-electron chi connectivity index (χ3n) is 3.84. The van der Waals surface area contributed by atoms with Gasteiger partial charge in [-0.15, -0.1) is 24.0 Å². The van der Waals surface area contributed by atoms with Crippen molar-refractivity contribution in [1.82, 2.24) is 10.2 Å². The van der Waals surface area contributed by atoms with E-state index in [1.807, 2.05) is 0 Å². The van der Waals surface area contributed by atoms with Crippen LogP contribution in [0.5, 0.6) is 0 Å². The molecule has 0 aromatic rings. The summed E-state index contributed by atoms with van der Waals surface area (Å²) in [6.45, 7) is 2.25. The lowest BCUT2D eigenvalue weighted by Crippen LogP contribution is -2.53. The smallest absolute Gasteiger partial charge is 0.193 e. The molecule has 2 fully saturated rings. The number of halogens is 1. The number of piperidine rings is 1. The molecule has 106 valence electrons. The number of likely N-dealkylation sites (tertiary alicyclic amines) is 1. The van der Waals surface area contributed by atoms with Crippen LogP contribution in [0.1, 0.15) is 32.1 Å². The first-order valence-corrected chi connectivity index (χ1v) is 6.49. The second kappa shape index (κ2) is 6.91. The summed E-state index contributed by atoms with van der Waals surface area (Å²) in [4.78, 5) is 6.38. The summed E-state index contributed by atoms with van der Waals surface area (Å²) in [7, 11) is 1.76. The highest BCUT2D eigenvalue weighted by molar-refractivity contribution is 14.0. The third-order valence-corrected chi connectivity index (χ3v) is 3.84. The molecule has 1 saturated heterocycles. The first kappa shape index (κ1) is 16.0. The number of rotatable bonds is 2. The Hall–Kier alpha value is -0.0800. The lowest BCUT2D eigenvalue weighted by molar-refractivity contribution is -0.0284. The predicted molar refractivity (Wildman–Crippen MR) is 82.4 cm³/mol. The number of guanidine groups is 1. The maximum atomic E-state index is 10.0. The van der Waals surface area contributed by atoms with Crippen LogP contribution in [-0.2, 0) is 0 Å². The zero-order valence-corrected chi connectivity index (χ0v) is 13.3. The molecule has 0 unspecified atom stereocenters. The highest BCUT2D eigenvalue weighted by Crippen LogP contribution is 2.30. The van der Waals surface area contributed by atoms with Crippen LogP contribution in [0.2, 0.25) is 0 Å². The van der Waals surface area contributed by atoms with Crippen molar-refractivity contribution in [2.75, 3.05) is 26.7 Å². The highest BCUT2D eigenvalue weighted by Gasteiger charge is 2.34. The van der Waals surface area contributed by atoms with Gasteiger partial charge in [0.05, 0.1) is 11.7 Å². The Morgan fingerprint density at radius 3 is 2.44 bits per heavy atom. The number of nitrogens with zero attached hydrogens (tertiary/aromatic N) is 2. The molecule has 2 rings (SSSR count). The Bertz CT molecular complexity index is 287. The molecule has 0 radical (unpaired) electrons. The topological polar surface area (TPSA) is 68.1 Å². The highest BCUT2D eigenvalue weighted by atomic mass is 127. The summed E-state index contributed by atoms with van der Waals surface area (Å²) in [5, 5.41) is 22.7. The van der Waals surface area contributed by atoms with Crippen molar-refractivity contribution in [2.24, 2.45) is 4.99 Å². The van der Waals surface area contributed by atoms with Crippen molar-refractivity contribution in [1.29, 1.82) is 0 Å². The minimum Gasteiger partial charge on any atom is -0.393 e. The Morgan fingerprint density at radius 2 is 2.00 bits per heavy atom. The second-order valence-corrected chi connectivity index (χ2v) is 5.20. The Balaban J connectivity index is 0.00000162. The number of aliphatic hydroxyl groups excluding tert-OH is 1. The monoisotopic (exact) mass is 369 g/mol. The van der Waals surface area contributed by atoms with E-state index in [0.717, 1.165) is 51.2 Å². The molecule has 0 atom stereocenters. The molecule has 1 saturated carbocycles. The number of aliphatic hydroxyl groups is 2. The minimum atomic E-state index is -0.523. The molecule has 0 bridgehead atoms. The Labute approximate surface area is 126 Å². The van der Waals surface area contributed by atoms with Gasteiger partial charge in [-0.2, -0.15) is 0 Å². The lowest BCUT2D eigenvalue weighted by atomic mass is 9.80. The normalized spacial score (nSPS) is 24.2. The van der Waals surface area contributed by atoms with Crippen molar-refractivity contribution >= 4 is 29.9 Å². The van der Waals surface area contributed by atoms with Gasteiger partial charge in [-0.3, -0.25) is 4.99 Å². The maximum absolute atomic E-state index is 10.0. The van der Waals surface area contributed by atoms with Gasteiger partial charge in [-0.25, -0.2) is 0 Å². The van der Waals surface area contributed by atoms with Gasteiger partial charge in [0.1, 0.15) is 0 Å². The van der Waals surface area contributed by atoms with Crippen molar-refractivity contribution < 1.29 is 10.2 Å². The quantitative estimate of drug-likeness (QED) is 0.378. The van der Waals surface area contributed by atoms with Crippen LogP contribution in [-0.4, -0.2) is 59.5 Å². The molecule has 0 aromatic carbocycles. The molecule has 1 aliphatic heterocycles. The molecule has 3 N–H and O–H groups in total. The van der Waals surface area contributed by atoms with Gasteiger partial charge in [0.15, 0.2) is 5.96 Å². The SMILES string of the molecule is CN=C(NCC1(O)CCC1)N1CCC(O)CC1.I. The average Bonchev–Trinajstić information content (AvgIpc) is 2.30. The van der Waals surface area contributed by atoms with Crippen LogP contribution in [0.3, 0.4) is 0 Å². The lowest BCUT2D eigenvalue weighted by Gasteiger charge is -2.39. The molecule has 0 aromatic heterocycles. The van der Waals surface area contributed by atoms with Crippen LogP contribution in [0.25, 0.3) is 0 Å². The van der Waals surface area contributed by atoms with E-state index in [0.29, 0.717) is 6.54 Å². The van der Waals surface area contributed by atoms with Gasteiger partial charge in [0, 0.05) is 26.7 Å². The molecule has 6 heteroatoms. The van der Waals surface area contributed by atoms with Gasteiger partial charge >= 0.3 is 0 Å². The van der Waals surface area contributed by atoms with Crippen molar-refractivity contribution in [3.05, 3.63) is 0 Å². The number of hydrogen-bond acceptors (Lipinski definition) is 3. The van der Waals surface area contributed by atoms with Gasteiger partial charge < -0.3 is 20.4 Å². The second-order valence-electron chi connectivity index (χ2n) is 5.20. The van der Waals surface area contributed by atoms with Gasteiger partial charge in [0.25, 0.3) is 0 Å². The van der Waals surface area contributed by atoms with Crippen molar-refractivity contribution in [2.45, 2.75) is 43.8 Å². The predicted octanol–water partition coefficient (Wildman–Crippen LogP) is 0.551. The first-order chi connectivity index (χ1) is 8.13. The van der Waals surface area contributed by atoms with E-state index in [4.69, 9.17) is 0 Å². The van der Waals surface area contributed by atoms with E-state index in [2.05, 4.69) is 15.2 Å². The zero-order chi connectivity index (χ0) is 12.3. The van der Waals surface area contributed by atoms with E-state index in [1.165, 1.54) is 0 Å². The standard InChI is InChI=1S/C12H23N3O2.HI/c1-13-11(14-9-12(17)5-2-6-12)15-7-3-10(16)4-8-15;/h10,16-17H,2-9H2,1H3,(H,13,14);1H. The van der Waals surface area contributed by atoms with E-state index in [9.17, 15) is 10.2 Å². The number of hydrogen-bond donors (Lipinski definition) is 3. The van der Waals surface area contributed by atoms with Crippen LogP contribution in [0.4, 0.5) is 0 Å². The summed E-state index contributed by atoms with van der Waals surface area (Å²) in [6.07, 6.45) is 4.31. The Kier molecular flexibility index (Phi) is 6.13. The molecule has 1 heterocycles. The fourth-order valence-electron chi connectivity index (χ4n) is 2.42. The summed E-state index contributed by atoms with van der Waals surface area (Å²) < 4.78 is 0. The van der Waals surface area contributed by atoms with E-state index in [-0.39, 0.29) is 30.1 Å². The van der Waals surface area contributed by atoms with Gasteiger partial charge in [-0.05, 0) is 32.1 Å². The van der Waals surface area contributed by atoms with E-state index < -0.39 is 5.60 Å². The number of nitrogens with one attached hydrogen (secondary N) is 1. The molecule has 0 spiro atoms. The van der Waals surface area contributed by atoms with E-state index >= 15 is 0 Å². The van der Waals surface area contributed by atoms with Crippen LogP contribution in [0, 0.1) is 0 Å². The van der Waals surface area contributed by atoms with Crippen LogP contribution < -0.4 is 5.32 Å². The minimum absolute atomic E-state index is 0. The maximum Gasteiger partial charge on any atom is 0.193 e.